The minimum Gasteiger partial charge on any atom is -0.461 e. The summed E-state index contributed by atoms with van der Waals surface area (Å²) in [6.45, 7) is 2.78. The lowest BCUT2D eigenvalue weighted by molar-refractivity contribution is -0.217. The number of ketones is 1. The summed E-state index contributed by atoms with van der Waals surface area (Å²) in [5.41, 5.74) is -1.02. The number of halogens is 2. The van der Waals surface area contributed by atoms with Crippen LogP contribution < -0.4 is 4.74 Å². The standard InChI is InChI=1S/C22H20Cl2N2O5/c1-21(2,13-30-19(27)15-3-5-16(23)6-4-15)20(28)22(29,26-12-11-25-14-26)31-18-9-7-17(24)8-10-18/h3-12,14,29H,13H2,1-2H3. The number of carbonyl (C=O) groups is 2. The van der Waals surface area contributed by atoms with Crippen molar-refractivity contribution in [3.05, 3.63) is 82.9 Å². The van der Waals surface area contributed by atoms with Crippen LogP contribution >= 0.6 is 23.2 Å². The number of Topliss-reactive ketones (excluding diaryl/α,β-unsaturated/α-hetero) is 1. The van der Waals surface area contributed by atoms with Crippen molar-refractivity contribution in [1.29, 1.82) is 0 Å². The van der Waals surface area contributed by atoms with Gasteiger partial charge < -0.3 is 14.6 Å². The van der Waals surface area contributed by atoms with E-state index in [0.717, 1.165) is 4.57 Å². The largest absolute Gasteiger partial charge is 0.461 e. The SMILES string of the molecule is CC(C)(COC(=O)c1ccc(Cl)cc1)C(=O)C(O)(Oc1ccc(Cl)cc1)n1ccnc1. The van der Waals surface area contributed by atoms with Crippen LogP contribution in [0.25, 0.3) is 0 Å². The highest BCUT2D eigenvalue weighted by atomic mass is 35.5. The predicted molar refractivity (Wildman–Crippen MR) is 115 cm³/mol. The molecule has 1 unspecified atom stereocenters. The van der Waals surface area contributed by atoms with Crippen molar-refractivity contribution in [1.82, 2.24) is 9.55 Å². The van der Waals surface area contributed by atoms with Gasteiger partial charge in [-0.05, 0) is 62.4 Å². The number of hydrogen-bond donors (Lipinski definition) is 1. The van der Waals surface area contributed by atoms with E-state index in [9.17, 15) is 14.7 Å². The molecule has 0 aliphatic heterocycles. The van der Waals surface area contributed by atoms with Gasteiger partial charge in [-0.3, -0.25) is 9.36 Å². The summed E-state index contributed by atoms with van der Waals surface area (Å²) >= 11 is 11.7. The second-order valence-corrected chi connectivity index (χ2v) is 8.30. The molecule has 1 heterocycles. The molecule has 1 aromatic heterocycles. The van der Waals surface area contributed by atoms with Crippen LogP contribution in [0, 0.1) is 5.41 Å². The van der Waals surface area contributed by atoms with Gasteiger partial charge in [0.25, 0.3) is 0 Å². The van der Waals surface area contributed by atoms with Crippen LogP contribution in [0.1, 0.15) is 24.2 Å². The molecule has 0 fully saturated rings. The number of aliphatic hydroxyl groups is 1. The van der Waals surface area contributed by atoms with E-state index in [1.165, 1.54) is 56.8 Å². The van der Waals surface area contributed by atoms with E-state index in [1.807, 2.05) is 0 Å². The van der Waals surface area contributed by atoms with Gasteiger partial charge in [0.15, 0.2) is 0 Å². The second kappa shape index (κ2) is 9.09. The molecule has 3 aromatic rings. The van der Waals surface area contributed by atoms with Crippen LogP contribution in [0.4, 0.5) is 0 Å². The summed E-state index contributed by atoms with van der Waals surface area (Å²) < 4.78 is 12.1. The monoisotopic (exact) mass is 462 g/mol. The number of nitrogens with zero attached hydrogens (tertiary/aromatic N) is 2. The van der Waals surface area contributed by atoms with Crippen molar-refractivity contribution in [2.24, 2.45) is 5.41 Å². The first kappa shape index (κ1) is 22.8. The Labute approximate surface area is 189 Å². The quantitative estimate of drug-likeness (QED) is 0.395. The molecule has 0 aliphatic rings. The lowest BCUT2D eigenvalue weighted by Crippen LogP contribution is -2.53. The molecule has 0 amide bonds. The van der Waals surface area contributed by atoms with Gasteiger partial charge >= 0.3 is 11.9 Å². The van der Waals surface area contributed by atoms with Gasteiger partial charge in [0.1, 0.15) is 18.7 Å². The number of imidazole rings is 1. The van der Waals surface area contributed by atoms with Gasteiger partial charge in [-0.2, -0.15) is 0 Å². The van der Waals surface area contributed by atoms with E-state index in [2.05, 4.69) is 4.98 Å². The van der Waals surface area contributed by atoms with Crippen molar-refractivity contribution >= 4 is 35.0 Å². The topological polar surface area (TPSA) is 90.7 Å². The highest BCUT2D eigenvalue weighted by Crippen LogP contribution is 2.31. The molecule has 7 nitrogen and oxygen atoms in total. The van der Waals surface area contributed by atoms with Crippen LogP contribution in [0.5, 0.6) is 5.75 Å². The van der Waals surface area contributed by atoms with Gasteiger partial charge in [-0.15, -0.1) is 0 Å². The first-order valence-corrected chi connectivity index (χ1v) is 10.0. The number of benzene rings is 2. The Balaban J connectivity index is 1.81. The fourth-order valence-corrected chi connectivity index (χ4v) is 3.00. The fourth-order valence-electron chi connectivity index (χ4n) is 2.74. The van der Waals surface area contributed by atoms with Gasteiger partial charge in [-0.25, -0.2) is 9.78 Å². The zero-order valence-electron chi connectivity index (χ0n) is 16.8. The number of ether oxygens (including phenoxy) is 2. The molecule has 0 aliphatic carbocycles. The average Bonchev–Trinajstić information content (AvgIpc) is 3.29. The van der Waals surface area contributed by atoms with Gasteiger partial charge in [0.05, 0.1) is 11.0 Å². The van der Waals surface area contributed by atoms with E-state index >= 15 is 0 Å². The lowest BCUT2D eigenvalue weighted by Gasteiger charge is -2.34. The Bertz CT molecular complexity index is 1050. The fraction of sp³-hybridized carbons (Fsp3) is 0.227. The molecule has 162 valence electrons. The first-order valence-electron chi connectivity index (χ1n) is 9.25. The third-order valence-electron chi connectivity index (χ3n) is 4.48. The van der Waals surface area contributed by atoms with Crippen LogP contribution in [0.2, 0.25) is 10.0 Å². The molecule has 0 saturated carbocycles. The highest BCUT2D eigenvalue weighted by Gasteiger charge is 2.49. The highest BCUT2D eigenvalue weighted by molar-refractivity contribution is 6.30. The Morgan fingerprint density at radius 2 is 1.61 bits per heavy atom. The molecule has 31 heavy (non-hydrogen) atoms. The van der Waals surface area contributed by atoms with E-state index in [1.54, 1.807) is 24.3 Å². The number of esters is 1. The Hall–Kier alpha value is -2.87. The van der Waals surface area contributed by atoms with Crippen molar-refractivity contribution in [2.75, 3.05) is 6.61 Å². The Morgan fingerprint density at radius 3 is 2.16 bits per heavy atom. The summed E-state index contributed by atoms with van der Waals surface area (Å²) in [6, 6.07) is 12.3. The zero-order valence-corrected chi connectivity index (χ0v) is 18.3. The van der Waals surface area contributed by atoms with Crippen molar-refractivity contribution in [3.63, 3.8) is 0 Å². The second-order valence-electron chi connectivity index (χ2n) is 7.43. The van der Waals surface area contributed by atoms with Gasteiger partial charge in [0.2, 0.25) is 5.78 Å². The normalized spacial score (nSPS) is 13.3. The minimum absolute atomic E-state index is 0.211. The average molecular weight is 463 g/mol. The van der Waals surface area contributed by atoms with Crippen LogP contribution in [-0.4, -0.2) is 33.0 Å². The molecule has 3 rings (SSSR count). The maximum absolute atomic E-state index is 13.4. The van der Waals surface area contributed by atoms with Crippen LogP contribution in [0.15, 0.2) is 67.3 Å². The summed E-state index contributed by atoms with van der Waals surface area (Å²) in [4.78, 5) is 29.6. The van der Waals surface area contributed by atoms with E-state index < -0.39 is 23.1 Å². The number of aromatic nitrogens is 2. The summed E-state index contributed by atoms with van der Waals surface area (Å²) in [5.74, 6) is -3.58. The molecule has 1 N–H and O–H groups in total. The lowest BCUT2D eigenvalue weighted by atomic mass is 9.86. The smallest absolute Gasteiger partial charge is 0.361 e. The molecule has 0 spiro atoms. The van der Waals surface area contributed by atoms with E-state index in [4.69, 9.17) is 32.7 Å². The van der Waals surface area contributed by atoms with Crippen molar-refractivity contribution in [3.8, 4) is 5.75 Å². The molecule has 0 saturated heterocycles. The van der Waals surface area contributed by atoms with Gasteiger partial charge in [-0.1, -0.05) is 23.2 Å². The molecule has 2 aromatic carbocycles. The van der Waals surface area contributed by atoms with E-state index in [0.29, 0.717) is 10.0 Å². The number of carbonyl (C=O) groups excluding carboxylic acids is 2. The molecule has 9 heteroatoms. The Morgan fingerprint density at radius 1 is 1.03 bits per heavy atom. The molecular weight excluding hydrogens is 443 g/mol. The zero-order chi connectivity index (χ0) is 22.6. The Kier molecular flexibility index (Phi) is 6.69. The maximum Gasteiger partial charge on any atom is 0.361 e. The third kappa shape index (κ3) is 5.25. The van der Waals surface area contributed by atoms with Crippen LogP contribution in [0.3, 0.4) is 0 Å². The molecule has 0 bridgehead atoms. The summed E-state index contributed by atoms with van der Waals surface area (Å²) in [7, 11) is 0. The molecular formula is C22H20Cl2N2O5. The van der Waals surface area contributed by atoms with Crippen LogP contribution in [-0.2, 0) is 15.4 Å². The molecule has 1 atom stereocenters. The van der Waals surface area contributed by atoms with Gasteiger partial charge in [0, 0.05) is 22.4 Å². The predicted octanol–water partition coefficient (Wildman–Crippen LogP) is 4.32. The third-order valence-corrected chi connectivity index (χ3v) is 4.99. The maximum atomic E-state index is 13.4. The number of hydrogen-bond acceptors (Lipinski definition) is 6. The molecule has 0 radical (unpaired) electrons. The first-order chi connectivity index (χ1) is 14.6. The van der Waals surface area contributed by atoms with Crippen molar-refractivity contribution < 1.29 is 24.2 Å². The minimum atomic E-state index is -2.43. The van der Waals surface area contributed by atoms with E-state index in [-0.39, 0.29) is 17.9 Å². The summed E-state index contributed by atoms with van der Waals surface area (Å²) in [6.07, 6.45) is 4.05. The van der Waals surface area contributed by atoms with Crippen molar-refractivity contribution in [2.45, 2.75) is 19.8 Å². The number of rotatable bonds is 8. The summed E-state index contributed by atoms with van der Waals surface area (Å²) in [5, 5.41) is 12.2.